The predicted molar refractivity (Wildman–Crippen MR) is 107 cm³/mol. The second kappa shape index (κ2) is 7.40. The summed E-state index contributed by atoms with van der Waals surface area (Å²) in [7, 11) is 1.26. The van der Waals surface area contributed by atoms with E-state index in [0.29, 0.717) is 28.0 Å². The van der Waals surface area contributed by atoms with E-state index in [2.05, 4.69) is 4.98 Å². The first-order chi connectivity index (χ1) is 13.7. The van der Waals surface area contributed by atoms with Crippen LogP contribution in [0.2, 0.25) is 0 Å². The Bertz CT molecular complexity index is 1140. The molecular formula is C23H17NO4. The SMILES string of the molecule is COC(=O)c1nc(-c2ccccc2)c2cc(Oc3ccccc3)ccc2c1O. The molecule has 3 aromatic carbocycles. The summed E-state index contributed by atoms with van der Waals surface area (Å²) in [6.45, 7) is 0. The highest BCUT2D eigenvalue weighted by molar-refractivity contribution is 6.05. The van der Waals surface area contributed by atoms with E-state index < -0.39 is 5.97 Å². The molecule has 0 aliphatic rings. The number of pyridine rings is 1. The lowest BCUT2D eigenvalue weighted by Crippen LogP contribution is -2.06. The number of hydrogen-bond acceptors (Lipinski definition) is 5. The number of esters is 1. The molecule has 4 rings (SSSR count). The number of aromatic nitrogens is 1. The number of carbonyl (C=O) groups excluding carboxylic acids is 1. The topological polar surface area (TPSA) is 68.7 Å². The molecule has 0 saturated carbocycles. The van der Waals surface area contributed by atoms with Crippen molar-refractivity contribution in [2.75, 3.05) is 7.11 Å². The summed E-state index contributed by atoms with van der Waals surface area (Å²) < 4.78 is 10.7. The van der Waals surface area contributed by atoms with Crippen molar-refractivity contribution in [3.8, 4) is 28.5 Å². The number of para-hydroxylation sites is 1. The zero-order valence-electron chi connectivity index (χ0n) is 15.1. The molecule has 1 N–H and O–H groups in total. The van der Waals surface area contributed by atoms with E-state index >= 15 is 0 Å². The molecule has 0 aliphatic carbocycles. The van der Waals surface area contributed by atoms with Gasteiger partial charge in [-0.1, -0.05) is 48.5 Å². The predicted octanol–water partition coefficient (Wildman–Crippen LogP) is 5.19. The van der Waals surface area contributed by atoms with Crippen molar-refractivity contribution >= 4 is 16.7 Å². The van der Waals surface area contributed by atoms with E-state index in [-0.39, 0.29) is 11.4 Å². The van der Waals surface area contributed by atoms with Gasteiger partial charge in [-0.3, -0.25) is 0 Å². The first kappa shape index (κ1) is 17.5. The molecule has 5 nitrogen and oxygen atoms in total. The van der Waals surface area contributed by atoms with Crippen LogP contribution in [0.4, 0.5) is 0 Å². The van der Waals surface area contributed by atoms with Crippen LogP contribution in [0.3, 0.4) is 0 Å². The number of hydrogen-bond donors (Lipinski definition) is 1. The Balaban J connectivity index is 1.93. The average Bonchev–Trinajstić information content (AvgIpc) is 2.75. The van der Waals surface area contributed by atoms with Crippen molar-refractivity contribution in [1.82, 2.24) is 4.98 Å². The molecule has 5 heteroatoms. The molecular weight excluding hydrogens is 354 g/mol. The Labute approximate surface area is 161 Å². The largest absolute Gasteiger partial charge is 0.505 e. The second-order valence-electron chi connectivity index (χ2n) is 6.14. The van der Waals surface area contributed by atoms with Gasteiger partial charge in [-0.15, -0.1) is 0 Å². The summed E-state index contributed by atoms with van der Waals surface area (Å²) in [6, 6.07) is 24.1. The quantitative estimate of drug-likeness (QED) is 0.500. The fourth-order valence-corrected chi connectivity index (χ4v) is 3.02. The Morgan fingerprint density at radius 3 is 2.21 bits per heavy atom. The van der Waals surface area contributed by atoms with Crippen LogP contribution in [0.5, 0.6) is 17.2 Å². The highest BCUT2D eigenvalue weighted by Crippen LogP contribution is 2.37. The molecule has 0 spiro atoms. The fourth-order valence-electron chi connectivity index (χ4n) is 3.02. The van der Waals surface area contributed by atoms with Crippen LogP contribution < -0.4 is 4.74 Å². The number of methoxy groups -OCH3 is 1. The molecule has 138 valence electrons. The van der Waals surface area contributed by atoms with Crippen LogP contribution in [0.15, 0.2) is 78.9 Å². The maximum atomic E-state index is 12.1. The van der Waals surface area contributed by atoms with Gasteiger partial charge in [0.1, 0.15) is 11.5 Å². The fraction of sp³-hybridized carbons (Fsp3) is 0.0435. The zero-order valence-corrected chi connectivity index (χ0v) is 15.1. The molecule has 0 saturated heterocycles. The zero-order chi connectivity index (χ0) is 19.5. The van der Waals surface area contributed by atoms with E-state index in [4.69, 9.17) is 9.47 Å². The summed E-state index contributed by atoms with van der Waals surface area (Å²) in [5.74, 6) is 0.392. The number of rotatable bonds is 4. The molecule has 0 fully saturated rings. The van der Waals surface area contributed by atoms with Gasteiger partial charge < -0.3 is 14.6 Å². The Morgan fingerprint density at radius 2 is 1.54 bits per heavy atom. The van der Waals surface area contributed by atoms with E-state index in [0.717, 1.165) is 5.56 Å². The van der Waals surface area contributed by atoms with Crippen molar-refractivity contribution in [2.24, 2.45) is 0 Å². The third-order valence-corrected chi connectivity index (χ3v) is 4.35. The van der Waals surface area contributed by atoms with Crippen molar-refractivity contribution in [3.63, 3.8) is 0 Å². The van der Waals surface area contributed by atoms with Crippen LogP contribution in [-0.2, 0) is 4.74 Å². The molecule has 0 radical (unpaired) electrons. The highest BCUT2D eigenvalue weighted by Gasteiger charge is 2.21. The van der Waals surface area contributed by atoms with Gasteiger partial charge in [0.2, 0.25) is 0 Å². The van der Waals surface area contributed by atoms with E-state index in [1.165, 1.54) is 7.11 Å². The number of carbonyl (C=O) groups is 1. The Hall–Kier alpha value is -3.86. The standard InChI is InChI=1S/C23H17NO4/c1-27-23(26)21-22(25)18-13-12-17(28-16-10-6-3-7-11-16)14-19(18)20(24-21)15-8-4-2-5-9-15/h2-14,25H,1H3. The molecule has 0 aliphatic heterocycles. The van der Waals surface area contributed by atoms with Crippen molar-refractivity contribution in [2.45, 2.75) is 0 Å². The van der Waals surface area contributed by atoms with Crippen LogP contribution in [0.1, 0.15) is 10.5 Å². The maximum Gasteiger partial charge on any atom is 0.360 e. The van der Waals surface area contributed by atoms with Crippen LogP contribution in [0.25, 0.3) is 22.0 Å². The van der Waals surface area contributed by atoms with Crippen molar-refractivity contribution in [1.29, 1.82) is 0 Å². The first-order valence-corrected chi connectivity index (χ1v) is 8.70. The molecule has 1 heterocycles. The van der Waals surface area contributed by atoms with Crippen LogP contribution >= 0.6 is 0 Å². The van der Waals surface area contributed by atoms with Gasteiger partial charge >= 0.3 is 5.97 Å². The molecule has 28 heavy (non-hydrogen) atoms. The number of ether oxygens (including phenoxy) is 2. The van der Waals surface area contributed by atoms with Gasteiger partial charge in [-0.05, 0) is 30.3 Å². The number of nitrogens with zero attached hydrogens (tertiary/aromatic N) is 1. The van der Waals surface area contributed by atoms with Crippen LogP contribution in [-0.4, -0.2) is 23.2 Å². The average molecular weight is 371 g/mol. The summed E-state index contributed by atoms with van der Waals surface area (Å²) in [6.07, 6.45) is 0. The second-order valence-corrected chi connectivity index (χ2v) is 6.14. The monoisotopic (exact) mass is 371 g/mol. The normalized spacial score (nSPS) is 10.6. The molecule has 0 atom stereocenters. The Kier molecular flexibility index (Phi) is 4.64. The molecule has 0 bridgehead atoms. The van der Waals surface area contributed by atoms with Gasteiger partial charge in [-0.2, -0.15) is 0 Å². The summed E-state index contributed by atoms with van der Waals surface area (Å²) in [4.78, 5) is 16.5. The minimum atomic E-state index is -0.693. The lowest BCUT2D eigenvalue weighted by molar-refractivity contribution is 0.0591. The van der Waals surface area contributed by atoms with Crippen molar-refractivity contribution < 1.29 is 19.4 Å². The van der Waals surface area contributed by atoms with Crippen LogP contribution in [0, 0.1) is 0 Å². The van der Waals surface area contributed by atoms with Gasteiger partial charge in [0.15, 0.2) is 11.4 Å². The molecule has 0 unspecified atom stereocenters. The number of benzene rings is 3. The highest BCUT2D eigenvalue weighted by atomic mass is 16.5. The third kappa shape index (κ3) is 3.25. The molecule has 4 aromatic rings. The van der Waals surface area contributed by atoms with Gasteiger partial charge in [0.05, 0.1) is 12.8 Å². The lowest BCUT2D eigenvalue weighted by atomic mass is 10.0. The first-order valence-electron chi connectivity index (χ1n) is 8.70. The van der Waals surface area contributed by atoms with E-state index in [9.17, 15) is 9.90 Å². The smallest absolute Gasteiger partial charge is 0.360 e. The molecule has 0 amide bonds. The summed E-state index contributed by atoms with van der Waals surface area (Å²) >= 11 is 0. The van der Waals surface area contributed by atoms with Gasteiger partial charge in [0.25, 0.3) is 0 Å². The van der Waals surface area contributed by atoms with E-state index in [1.54, 1.807) is 18.2 Å². The van der Waals surface area contributed by atoms with Gasteiger partial charge in [-0.25, -0.2) is 9.78 Å². The summed E-state index contributed by atoms with van der Waals surface area (Å²) in [5.41, 5.74) is 1.26. The van der Waals surface area contributed by atoms with E-state index in [1.807, 2.05) is 60.7 Å². The maximum absolute atomic E-state index is 12.1. The van der Waals surface area contributed by atoms with Gasteiger partial charge in [0, 0.05) is 16.3 Å². The number of fused-ring (bicyclic) bond motifs is 1. The third-order valence-electron chi connectivity index (χ3n) is 4.35. The molecule has 1 aromatic heterocycles. The van der Waals surface area contributed by atoms with Crippen molar-refractivity contribution in [3.05, 3.63) is 84.6 Å². The minimum absolute atomic E-state index is 0.120. The lowest BCUT2D eigenvalue weighted by Gasteiger charge is -2.13. The number of aromatic hydroxyl groups is 1. The summed E-state index contributed by atoms with van der Waals surface area (Å²) in [5, 5.41) is 11.8. The Morgan fingerprint density at radius 1 is 0.857 bits per heavy atom. The minimum Gasteiger partial charge on any atom is -0.505 e.